The highest BCUT2D eigenvalue weighted by molar-refractivity contribution is 7.90. The molecule has 0 spiro atoms. The summed E-state index contributed by atoms with van der Waals surface area (Å²) in [6.07, 6.45) is -3.09. The normalized spacial score (nSPS) is 12.7. The number of H-pyrrole nitrogens is 1. The average molecular weight is 396 g/mol. The molecule has 0 aliphatic rings. The lowest BCUT2D eigenvalue weighted by molar-refractivity contribution is -0.153. The molecule has 1 unspecified atom stereocenters. The lowest BCUT2D eigenvalue weighted by atomic mass is 10.2. The zero-order valence-corrected chi connectivity index (χ0v) is 13.9. The molecule has 0 amide bonds. The molecule has 5 nitrogen and oxygen atoms in total. The van der Waals surface area contributed by atoms with Gasteiger partial charge in [-0.15, -0.1) is 0 Å². The SMILES string of the molecule is Cc1c(OCC(F)(F)F)ccnc1C[S+]([O-])c1nc2ccccc2[nH]1.[MgH2]. The van der Waals surface area contributed by atoms with E-state index in [0.29, 0.717) is 21.9 Å². The Balaban J connectivity index is 0.00000243. The van der Waals surface area contributed by atoms with Gasteiger partial charge in [-0.1, -0.05) is 12.1 Å². The minimum atomic E-state index is -4.42. The second-order valence-electron chi connectivity index (χ2n) is 5.33. The van der Waals surface area contributed by atoms with Crippen molar-refractivity contribution in [3.63, 3.8) is 0 Å². The Bertz CT molecular complexity index is 856. The number of aromatic amines is 1. The summed E-state index contributed by atoms with van der Waals surface area (Å²) in [5.41, 5.74) is 2.28. The molecular weight excluding hydrogens is 380 g/mol. The second kappa shape index (κ2) is 8.46. The number of nitrogens with one attached hydrogen (secondary N) is 1. The molecule has 0 radical (unpaired) electrons. The number of imidazole rings is 1. The van der Waals surface area contributed by atoms with Crippen molar-refractivity contribution >= 4 is 45.3 Å². The molecule has 0 fully saturated rings. The molecule has 2 heterocycles. The Kier molecular flexibility index (Phi) is 6.78. The zero-order valence-electron chi connectivity index (χ0n) is 13.1. The lowest BCUT2D eigenvalue weighted by Crippen LogP contribution is -2.20. The summed E-state index contributed by atoms with van der Waals surface area (Å²) in [6.45, 7) is 0.202. The van der Waals surface area contributed by atoms with E-state index in [1.54, 1.807) is 13.0 Å². The zero-order chi connectivity index (χ0) is 18.0. The van der Waals surface area contributed by atoms with E-state index in [2.05, 4.69) is 15.0 Å². The molecule has 1 aromatic carbocycles. The predicted molar refractivity (Wildman–Crippen MR) is 95.3 cm³/mol. The Hall–Kier alpha value is -1.49. The molecule has 0 aliphatic heterocycles. The van der Waals surface area contributed by atoms with Gasteiger partial charge in [0.25, 0.3) is 0 Å². The number of alkyl halides is 3. The maximum absolute atomic E-state index is 12.5. The lowest BCUT2D eigenvalue weighted by Gasteiger charge is -2.14. The van der Waals surface area contributed by atoms with Crippen molar-refractivity contribution in [3.05, 3.63) is 47.8 Å². The van der Waals surface area contributed by atoms with Gasteiger partial charge in [-0.3, -0.25) is 9.97 Å². The third kappa shape index (κ3) is 5.03. The molecule has 0 bridgehead atoms. The largest absolute Gasteiger partial charge is 0.609 e. The quantitative estimate of drug-likeness (QED) is 0.532. The van der Waals surface area contributed by atoms with E-state index in [-0.39, 0.29) is 34.6 Å². The fourth-order valence-electron chi connectivity index (χ4n) is 2.25. The Morgan fingerprint density at radius 1 is 1.23 bits per heavy atom. The molecule has 1 N–H and O–H groups in total. The number of fused-ring (bicyclic) bond motifs is 1. The molecule has 2 aromatic heterocycles. The molecular formula is C16H16F3MgN3O2S. The molecule has 136 valence electrons. The maximum Gasteiger partial charge on any atom is 0.422 e. The summed E-state index contributed by atoms with van der Waals surface area (Å²) in [7, 11) is 0. The molecule has 1 atom stereocenters. The number of hydrogen-bond donors (Lipinski definition) is 1. The van der Waals surface area contributed by atoms with Gasteiger partial charge in [0.1, 0.15) is 5.75 Å². The van der Waals surface area contributed by atoms with E-state index < -0.39 is 24.0 Å². The number of nitrogens with zero attached hydrogens (tertiary/aromatic N) is 2. The molecule has 3 aromatic rings. The first-order chi connectivity index (χ1) is 11.8. The van der Waals surface area contributed by atoms with E-state index in [9.17, 15) is 17.7 Å². The van der Waals surface area contributed by atoms with Crippen LogP contribution in [-0.4, -0.2) is 55.3 Å². The number of ether oxygens (including phenoxy) is 1. The summed E-state index contributed by atoms with van der Waals surface area (Å²) < 4.78 is 54.2. The predicted octanol–water partition coefficient (Wildman–Crippen LogP) is 2.60. The first-order valence-corrected chi connectivity index (χ1v) is 8.62. The molecule has 10 heteroatoms. The highest BCUT2D eigenvalue weighted by Crippen LogP contribution is 2.25. The first kappa shape index (κ1) is 20.8. The van der Waals surface area contributed by atoms with Crippen LogP contribution >= 0.6 is 0 Å². The van der Waals surface area contributed by atoms with Crippen LogP contribution in [0.2, 0.25) is 0 Å². The topological polar surface area (TPSA) is 73.9 Å². The average Bonchev–Trinajstić information content (AvgIpc) is 2.99. The minimum absolute atomic E-state index is 0. The van der Waals surface area contributed by atoms with Crippen molar-refractivity contribution < 1.29 is 22.5 Å². The van der Waals surface area contributed by atoms with E-state index in [1.165, 1.54) is 12.3 Å². The van der Waals surface area contributed by atoms with Crippen LogP contribution in [0.15, 0.2) is 41.7 Å². The van der Waals surface area contributed by atoms with E-state index in [1.807, 2.05) is 18.2 Å². The van der Waals surface area contributed by atoms with Gasteiger partial charge >= 0.3 is 34.4 Å². The van der Waals surface area contributed by atoms with Gasteiger partial charge in [-0.05, 0) is 25.1 Å². The van der Waals surface area contributed by atoms with Gasteiger partial charge in [0.15, 0.2) is 12.4 Å². The van der Waals surface area contributed by atoms with Gasteiger partial charge in [0.05, 0.1) is 16.7 Å². The van der Waals surface area contributed by atoms with Crippen LogP contribution in [-0.2, 0) is 16.9 Å². The van der Waals surface area contributed by atoms with Gasteiger partial charge in [-0.25, -0.2) is 0 Å². The molecule has 26 heavy (non-hydrogen) atoms. The van der Waals surface area contributed by atoms with Crippen LogP contribution in [0.5, 0.6) is 5.75 Å². The third-order valence-electron chi connectivity index (χ3n) is 3.50. The second-order valence-corrected chi connectivity index (χ2v) is 6.70. The van der Waals surface area contributed by atoms with Crippen LogP contribution in [0, 0.1) is 6.92 Å². The van der Waals surface area contributed by atoms with E-state index in [0.717, 1.165) is 5.52 Å². The summed E-state index contributed by atoms with van der Waals surface area (Å²) in [5, 5.41) is 0.295. The number of benzene rings is 1. The van der Waals surface area contributed by atoms with Crippen LogP contribution in [0.3, 0.4) is 0 Å². The summed E-state index contributed by atoms with van der Waals surface area (Å²) in [6, 6.07) is 8.62. The van der Waals surface area contributed by atoms with Crippen molar-refractivity contribution in [1.82, 2.24) is 15.0 Å². The number of rotatable bonds is 5. The smallest absolute Gasteiger partial charge is 0.422 e. The van der Waals surface area contributed by atoms with Crippen molar-refractivity contribution in [1.29, 1.82) is 0 Å². The van der Waals surface area contributed by atoms with Gasteiger partial charge in [0.2, 0.25) is 0 Å². The number of pyridine rings is 1. The Morgan fingerprint density at radius 3 is 2.65 bits per heavy atom. The number of halogens is 3. The Labute approximate surface area is 166 Å². The van der Waals surface area contributed by atoms with Crippen LogP contribution in [0.1, 0.15) is 11.3 Å². The third-order valence-corrected chi connectivity index (χ3v) is 4.66. The molecule has 0 saturated heterocycles. The summed E-state index contributed by atoms with van der Waals surface area (Å²) in [4.78, 5) is 11.3. The maximum atomic E-state index is 12.5. The minimum Gasteiger partial charge on any atom is -0.609 e. The fourth-order valence-corrected chi connectivity index (χ4v) is 3.35. The highest BCUT2D eigenvalue weighted by Gasteiger charge is 2.29. The van der Waals surface area contributed by atoms with Crippen LogP contribution in [0.4, 0.5) is 13.2 Å². The number of para-hydroxylation sites is 2. The number of hydrogen-bond acceptors (Lipinski definition) is 4. The van der Waals surface area contributed by atoms with Crippen molar-refractivity contribution in [3.8, 4) is 5.75 Å². The molecule has 0 aliphatic carbocycles. The van der Waals surface area contributed by atoms with Crippen LogP contribution < -0.4 is 4.74 Å². The van der Waals surface area contributed by atoms with Gasteiger partial charge in [-0.2, -0.15) is 18.2 Å². The Morgan fingerprint density at radius 2 is 1.96 bits per heavy atom. The summed E-state index contributed by atoms with van der Waals surface area (Å²) in [5.74, 6) is 0.0958. The van der Waals surface area contributed by atoms with Crippen molar-refractivity contribution in [2.45, 2.75) is 24.0 Å². The first-order valence-electron chi connectivity index (χ1n) is 7.30. The van der Waals surface area contributed by atoms with Crippen LogP contribution in [0.25, 0.3) is 11.0 Å². The monoisotopic (exact) mass is 395 g/mol. The molecule has 0 saturated carbocycles. The van der Waals surface area contributed by atoms with E-state index in [4.69, 9.17) is 4.74 Å². The fraction of sp³-hybridized carbons (Fsp3) is 0.250. The molecule has 3 rings (SSSR count). The van der Waals surface area contributed by atoms with Crippen molar-refractivity contribution in [2.24, 2.45) is 0 Å². The summed E-state index contributed by atoms with van der Waals surface area (Å²) >= 11 is -1.51. The number of aromatic nitrogens is 3. The standard InChI is InChI=1S/C16H14F3N3O2S.Mg.2H/c1-10-13(20-7-6-14(10)24-9-16(17,18)19)8-25(23)15-21-11-4-2-3-5-12(11)22-15;;;/h2-7H,8-9H2,1H3,(H,21,22);;;. The van der Waals surface area contributed by atoms with Gasteiger partial charge < -0.3 is 9.29 Å². The van der Waals surface area contributed by atoms with E-state index >= 15 is 0 Å². The van der Waals surface area contributed by atoms with Crippen molar-refractivity contribution in [2.75, 3.05) is 6.61 Å². The van der Waals surface area contributed by atoms with Gasteiger partial charge in [0, 0.05) is 22.9 Å². The highest BCUT2D eigenvalue weighted by atomic mass is 32.2.